The number of sulfonamides is 1. The molecule has 2 amide bonds. The maximum atomic E-state index is 13.0. The van der Waals surface area contributed by atoms with Crippen LogP contribution in [0.5, 0.6) is 5.75 Å². The molecule has 2 aliphatic heterocycles. The molecule has 0 aromatic heterocycles. The van der Waals surface area contributed by atoms with E-state index in [0.29, 0.717) is 30.8 Å². The lowest BCUT2D eigenvalue weighted by Gasteiger charge is -2.31. The van der Waals surface area contributed by atoms with E-state index in [9.17, 15) is 18.0 Å². The van der Waals surface area contributed by atoms with Crippen LogP contribution in [0.2, 0.25) is 0 Å². The van der Waals surface area contributed by atoms with Gasteiger partial charge >= 0.3 is 0 Å². The summed E-state index contributed by atoms with van der Waals surface area (Å²) in [4.78, 5) is 23.8. The predicted octanol–water partition coefficient (Wildman–Crippen LogP) is 0.697. The molecule has 4 rings (SSSR count). The number of hydrogen-bond donors (Lipinski definition) is 2. The number of benzene rings is 1. The van der Waals surface area contributed by atoms with E-state index < -0.39 is 10.0 Å². The third-order valence-electron chi connectivity index (χ3n) is 4.90. The molecule has 1 aromatic carbocycles. The van der Waals surface area contributed by atoms with Crippen LogP contribution in [0.3, 0.4) is 0 Å². The summed E-state index contributed by atoms with van der Waals surface area (Å²) in [5, 5.41) is 5.58. The number of hydrogen-bond acceptors (Lipinski definition) is 5. The molecule has 26 heavy (non-hydrogen) atoms. The largest absolute Gasteiger partial charge is 0.482 e. The van der Waals surface area contributed by atoms with E-state index >= 15 is 0 Å². The Hall–Kier alpha value is -2.13. The molecular formula is C17H21N3O5S. The average molecular weight is 379 g/mol. The van der Waals surface area contributed by atoms with Crippen molar-refractivity contribution in [1.29, 1.82) is 0 Å². The summed E-state index contributed by atoms with van der Waals surface area (Å²) in [6.07, 6.45) is 3.35. The Kier molecular flexibility index (Phi) is 4.36. The van der Waals surface area contributed by atoms with Crippen LogP contribution in [0.25, 0.3) is 0 Å². The van der Waals surface area contributed by atoms with Crippen LogP contribution in [0.4, 0.5) is 5.69 Å². The van der Waals surface area contributed by atoms with E-state index in [1.165, 1.54) is 16.4 Å². The highest BCUT2D eigenvalue weighted by atomic mass is 32.2. The second kappa shape index (κ2) is 6.55. The highest BCUT2D eigenvalue weighted by molar-refractivity contribution is 7.89. The fraction of sp³-hybridized carbons (Fsp3) is 0.529. The summed E-state index contributed by atoms with van der Waals surface area (Å²) in [6.45, 7) is 0.485. The van der Waals surface area contributed by atoms with Gasteiger partial charge in [0.1, 0.15) is 5.75 Å². The van der Waals surface area contributed by atoms with Crippen LogP contribution in [-0.2, 0) is 19.6 Å². The van der Waals surface area contributed by atoms with Crippen LogP contribution in [-0.4, -0.2) is 50.3 Å². The molecule has 1 aromatic rings. The average Bonchev–Trinajstić information content (AvgIpc) is 3.45. The molecule has 9 heteroatoms. The Morgan fingerprint density at radius 1 is 1.27 bits per heavy atom. The number of fused-ring (bicyclic) bond motifs is 1. The van der Waals surface area contributed by atoms with Crippen molar-refractivity contribution in [1.82, 2.24) is 9.62 Å². The van der Waals surface area contributed by atoms with Crippen LogP contribution in [0.1, 0.15) is 25.7 Å². The monoisotopic (exact) mass is 379 g/mol. The Balaban J connectivity index is 1.53. The van der Waals surface area contributed by atoms with Gasteiger partial charge in [0.15, 0.2) is 6.61 Å². The number of nitrogens with one attached hydrogen (secondary N) is 2. The van der Waals surface area contributed by atoms with Gasteiger partial charge in [0.2, 0.25) is 15.9 Å². The Labute approximate surface area is 151 Å². The quantitative estimate of drug-likeness (QED) is 0.801. The lowest BCUT2D eigenvalue weighted by atomic mass is 9.99. The summed E-state index contributed by atoms with van der Waals surface area (Å²) in [5.41, 5.74) is 0.349. The van der Waals surface area contributed by atoms with Crippen molar-refractivity contribution in [2.75, 3.05) is 25.0 Å². The zero-order chi connectivity index (χ0) is 18.3. The van der Waals surface area contributed by atoms with Crippen LogP contribution >= 0.6 is 0 Å². The molecule has 140 valence electrons. The van der Waals surface area contributed by atoms with Crippen molar-refractivity contribution in [2.24, 2.45) is 5.92 Å². The molecule has 8 nitrogen and oxygen atoms in total. The van der Waals surface area contributed by atoms with E-state index in [0.717, 1.165) is 12.8 Å². The van der Waals surface area contributed by atoms with Crippen molar-refractivity contribution in [3.05, 3.63) is 18.2 Å². The van der Waals surface area contributed by atoms with Gasteiger partial charge in [-0.05, 0) is 43.9 Å². The number of piperidine rings is 1. The highest BCUT2D eigenvalue weighted by Gasteiger charge is 2.35. The van der Waals surface area contributed by atoms with Gasteiger partial charge in [-0.2, -0.15) is 4.31 Å². The summed E-state index contributed by atoms with van der Waals surface area (Å²) < 4.78 is 32.6. The van der Waals surface area contributed by atoms with Crippen LogP contribution < -0.4 is 15.4 Å². The van der Waals surface area contributed by atoms with Crippen molar-refractivity contribution in [3.8, 4) is 5.75 Å². The minimum atomic E-state index is -3.75. The molecule has 0 spiro atoms. The lowest BCUT2D eigenvalue weighted by Crippen LogP contribution is -2.45. The molecular weight excluding hydrogens is 358 g/mol. The summed E-state index contributed by atoms with van der Waals surface area (Å²) in [5.74, 6) is -0.246. The van der Waals surface area contributed by atoms with Gasteiger partial charge in [-0.3, -0.25) is 9.59 Å². The Bertz CT molecular complexity index is 850. The fourth-order valence-electron chi connectivity index (χ4n) is 3.29. The molecule has 2 fully saturated rings. The van der Waals surface area contributed by atoms with Crippen LogP contribution in [0, 0.1) is 5.92 Å². The number of anilines is 1. The molecule has 0 radical (unpaired) electrons. The summed E-state index contributed by atoms with van der Waals surface area (Å²) in [6, 6.07) is 4.69. The van der Waals surface area contributed by atoms with Gasteiger partial charge < -0.3 is 15.4 Å². The van der Waals surface area contributed by atoms with E-state index in [2.05, 4.69) is 10.6 Å². The molecule has 3 aliphatic rings. The molecule has 2 N–H and O–H groups in total. The summed E-state index contributed by atoms with van der Waals surface area (Å²) in [7, 11) is -3.75. The smallest absolute Gasteiger partial charge is 0.262 e. The van der Waals surface area contributed by atoms with E-state index in [1.54, 1.807) is 6.07 Å². The van der Waals surface area contributed by atoms with Gasteiger partial charge in [-0.1, -0.05) is 0 Å². The van der Waals surface area contributed by atoms with Crippen molar-refractivity contribution < 1.29 is 22.7 Å². The third kappa shape index (κ3) is 3.41. The lowest BCUT2D eigenvalue weighted by molar-refractivity contribution is -0.126. The maximum absolute atomic E-state index is 13.0. The number of amides is 2. The second-order valence-corrected chi connectivity index (χ2v) is 8.92. The SMILES string of the molecule is O=C1COc2ccc(S(=O)(=O)N3CCC[C@H](C(=O)NC4CC4)C3)cc2N1. The fourth-order valence-corrected chi connectivity index (χ4v) is 4.84. The zero-order valence-electron chi connectivity index (χ0n) is 14.2. The molecule has 1 atom stereocenters. The molecule has 1 saturated heterocycles. The van der Waals surface area contributed by atoms with Gasteiger partial charge in [-0.15, -0.1) is 0 Å². The van der Waals surface area contributed by atoms with E-state index in [1.807, 2.05) is 0 Å². The standard InChI is InChI=1S/C17H21N3O5S/c21-16-10-25-15-6-5-13(8-14(15)19-16)26(23,24)20-7-1-2-11(9-20)17(22)18-12-3-4-12/h5-6,8,11-12H,1-4,7,9-10H2,(H,18,22)(H,19,21)/t11-/m0/s1. The first kappa shape index (κ1) is 17.3. The van der Waals surface area contributed by atoms with E-state index in [4.69, 9.17) is 4.74 Å². The summed E-state index contributed by atoms with van der Waals surface area (Å²) >= 11 is 0. The number of nitrogens with zero attached hydrogens (tertiary/aromatic N) is 1. The zero-order valence-corrected chi connectivity index (χ0v) is 15.0. The van der Waals surface area contributed by atoms with Crippen LogP contribution in [0.15, 0.2) is 23.1 Å². The Morgan fingerprint density at radius 3 is 2.85 bits per heavy atom. The van der Waals surface area contributed by atoms with Crippen molar-refractivity contribution in [3.63, 3.8) is 0 Å². The molecule has 0 bridgehead atoms. The number of carbonyl (C=O) groups is 2. The first-order valence-corrected chi connectivity index (χ1v) is 10.2. The van der Waals surface area contributed by atoms with Gasteiger partial charge in [0.25, 0.3) is 5.91 Å². The third-order valence-corrected chi connectivity index (χ3v) is 6.76. The molecule has 1 aliphatic carbocycles. The first-order valence-electron chi connectivity index (χ1n) is 8.81. The minimum Gasteiger partial charge on any atom is -0.482 e. The van der Waals surface area contributed by atoms with Gasteiger partial charge in [0.05, 0.1) is 16.5 Å². The Morgan fingerprint density at radius 2 is 2.08 bits per heavy atom. The van der Waals surface area contributed by atoms with E-state index in [-0.39, 0.29) is 41.8 Å². The molecule has 1 saturated carbocycles. The van der Waals surface area contributed by atoms with Gasteiger partial charge in [0, 0.05) is 19.1 Å². The minimum absolute atomic E-state index is 0.0569. The molecule has 0 unspecified atom stereocenters. The van der Waals surface area contributed by atoms with Crippen molar-refractivity contribution >= 4 is 27.5 Å². The normalized spacial score (nSPS) is 23.5. The maximum Gasteiger partial charge on any atom is 0.262 e. The number of ether oxygens (including phenoxy) is 1. The topological polar surface area (TPSA) is 105 Å². The molecule has 2 heterocycles. The second-order valence-electron chi connectivity index (χ2n) is 6.98. The highest BCUT2D eigenvalue weighted by Crippen LogP contribution is 2.32. The predicted molar refractivity (Wildman–Crippen MR) is 93.2 cm³/mol. The van der Waals surface area contributed by atoms with Crippen molar-refractivity contribution in [2.45, 2.75) is 36.6 Å². The number of rotatable bonds is 4. The number of carbonyl (C=O) groups excluding carboxylic acids is 2. The first-order chi connectivity index (χ1) is 12.4. The van der Waals surface area contributed by atoms with Gasteiger partial charge in [-0.25, -0.2) is 8.42 Å².